The third-order valence-electron chi connectivity index (χ3n) is 3.64. The number of nitrogens with zero attached hydrogens (tertiary/aromatic N) is 4. The Morgan fingerprint density at radius 3 is 2.84 bits per heavy atom. The lowest BCUT2D eigenvalue weighted by atomic mass is 10.2. The minimum Gasteiger partial charge on any atom is -0.369 e. The van der Waals surface area contributed by atoms with Gasteiger partial charge in [-0.25, -0.2) is 9.97 Å². The molecule has 0 fully saturated rings. The molecule has 0 bridgehead atoms. The lowest BCUT2D eigenvalue weighted by Gasteiger charge is -2.07. The van der Waals surface area contributed by atoms with Crippen molar-refractivity contribution in [1.29, 1.82) is 0 Å². The normalized spacial score (nSPS) is 10.7. The molecule has 0 saturated heterocycles. The van der Waals surface area contributed by atoms with Crippen molar-refractivity contribution >= 4 is 17.2 Å². The number of benzene rings is 1. The first-order valence-corrected chi connectivity index (χ1v) is 8.74. The lowest BCUT2D eigenvalue weighted by molar-refractivity contribution is 0.432. The summed E-state index contributed by atoms with van der Waals surface area (Å²) in [5, 5.41) is 9.46. The van der Waals surface area contributed by atoms with E-state index in [9.17, 15) is 0 Å². The number of rotatable bonds is 6. The Kier molecular flexibility index (Phi) is 4.47. The highest BCUT2D eigenvalue weighted by Crippen LogP contribution is 2.26. The molecule has 0 aliphatic rings. The van der Waals surface area contributed by atoms with E-state index in [0.29, 0.717) is 23.1 Å². The Morgan fingerprint density at radius 2 is 2.00 bits per heavy atom. The van der Waals surface area contributed by atoms with Crippen molar-refractivity contribution < 1.29 is 4.52 Å². The molecule has 0 amide bonds. The Morgan fingerprint density at radius 1 is 1.08 bits per heavy atom. The topological polar surface area (TPSA) is 76.7 Å². The summed E-state index contributed by atoms with van der Waals surface area (Å²) in [5.41, 5.74) is 1.60. The molecule has 1 aromatic carbocycles. The van der Waals surface area contributed by atoms with E-state index in [2.05, 4.69) is 42.9 Å². The molecule has 4 rings (SSSR count). The summed E-state index contributed by atoms with van der Waals surface area (Å²) in [6.07, 6.45) is 4.12. The number of anilines is 1. The van der Waals surface area contributed by atoms with E-state index in [-0.39, 0.29) is 0 Å². The van der Waals surface area contributed by atoms with Crippen molar-refractivity contribution in [2.75, 3.05) is 11.9 Å². The summed E-state index contributed by atoms with van der Waals surface area (Å²) in [6.45, 7) is 0.768. The van der Waals surface area contributed by atoms with E-state index in [0.717, 1.165) is 18.5 Å². The lowest BCUT2D eigenvalue weighted by Crippen LogP contribution is -2.07. The number of hydrogen-bond donors (Lipinski definition) is 1. The molecule has 0 unspecified atom stereocenters. The van der Waals surface area contributed by atoms with Crippen LogP contribution in [0.15, 0.2) is 64.9 Å². The minimum absolute atomic E-state index is 0.401. The van der Waals surface area contributed by atoms with Crippen LogP contribution in [0.5, 0.6) is 0 Å². The number of nitrogens with one attached hydrogen (secondary N) is 1. The Labute approximate surface area is 148 Å². The highest BCUT2D eigenvalue weighted by atomic mass is 32.1. The first-order valence-electron chi connectivity index (χ1n) is 7.86. The van der Waals surface area contributed by atoms with Gasteiger partial charge in [-0.05, 0) is 17.9 Å². The molecule has 1 N–H and O–H groups in total. The van der Waals surface area contributed by atoms with Crippen molar-refractivity contribution in [1.82, 2.24) is 20.1 Å². The summed E-state index contributed by atoms with van der Waals surface area (Å²) in [7, 11) is 0. The van der Waals surface area contributed by atoms with Crippen LogP contribution in [0.3, 0.4) is 0 Å². The zero-order valence-corrected chi connectivity index (χ0v) is 14.1. The molecule has 0 aliphatic heterocycles. The highest BCUT2D eigenvalue weighted by Gasteiger charge is 2.15. The van der Waals surface area contributed by atoms with Gasteiger partial charge in [-0.15, -0.1) is 11.3 Å². The van der Waals surface area contributed by atoms with Crippen LogP contribution >= 0.6 is 11.3 Å². The molecule has 0 spiro atoms. The zero-order chi connectivity index (χ0) is 16.9. The molecule has 7 heteroatoms. The molecule has 0 atom stereocenters. The number of aromatic nitrogens is 4. The molecule has 3 aromatic heterocycles. The predicted molar refractivity (Wildman–Crippen MR) is 97.3 cm³/mol. The van der Waals surface area contributed by atoms with Crippen LogP contribution < -0.4 is 5.32 Å². The van der Waals surface area contributed by atoms with E-state index in [1.54, 1.807) is 17.5 Å². The van der Waals surface area contributed by atoms with Crippen LogP contribution in [0.2, 0.25) is 0 Å². The van der Waals surface area contributed by atoms with Crippen LogP contribution in [-0.2, 0) is 6.42 Å². The first-order chi connectivity index (χ1) is 12.4. The Bertz CT molecular complexity index is 937. The molecular weight excluding hydrogens is 334 g/mol. The van der Waals surface area contributed by atoms with Crippen LogP contribution in [0.1, 0.15) is 4.88 Å². The number of hydrogen-bond acceptors (Lipinski definition) is 7. The molecular formula is C18H15N5OS. The summed E-state index contributed by atoms with van der Waals surface area (Å²) >= 11 is 1.75. The Balaban J connectivity index is 1.53. The highest BCUT2D eigenvalue weighted by molar-refractivity contribution is 7.09. The van der Waals surface area contributed by atoms with Crippen LogP contribution in [0, 0.1) is 0 Å². The maximum Gasteiger partial charge on any atom is 0.263 e. The van der Waals surface area contributed by atoms with Gasteiger partial charge in [0, 0.05) is 23.2 Å². The SMILES string of the molecule is c1ccc(-c2noc(-c3cncnc3NCCc3cccs3)n2)cc1. The van der Waals surface area contributed by atoms with Crippen molar-refractivity contribution in [2.24, 2.45) is 0 Å². The zero-order valence-electron chi connectivity index (χ0n) is 13.3. The maximum absolute atomic E-state index is 5.42. The molecule has 6 nitrogen and oxygen atoms in total. The molecule has 0 saturated carbocycles. The minimum atomic E-state index is 0.401. The van der Waals surface area contributed by atoms with Gasteiger partial charge in [0.15, 0.2) is 0 Å². The fourth-order valence-corrected chi connectivity index (χ4v) is 3.13. The monoisotopic (exact) mass is 349 g/mol. The van der Waals surface area contributed by atoms with E-state index < -0.39 is 0 Å². The van der Waals surface area contributed by atoms with Gasteiger partial charge in [-0.1, -0.05) is 41.6 Å². The van der Waals surface area contributed by atoms with Crippen molar-refractivity contribution in [3.63, 3.8) is 0 Å². The van der Waals surface area contributed by atoms with Gasteiger partial charge in [0.05, 0.1) is 0 Å². The maximum atomic E-state index is 5.42. The predicted octanol–water partition coefficient (Wildman–Crippen LogP) is 3.91. The fourth-order valence-electron chi connectivity index (χ4n) is 2.42. The first kappa shape index (κ1) is 15.5. The average molecular weight is 349 g/mol. The second kappa shape index (κ2) is 7.23. The van der Waals surface area contributed by atoms with Gasteiger partial charge >= 0.3 is 0 Å². The molecule has 3 heterocycles. The summed E-state index contributed by atoms with van der Waals surface area (Å²) in [6, 6.07) is 13.9. The largest absolute Gasteiger partial charge is 0.369 e. The Hall–Kier alpha value is -3.06. The van der Waals surface area contributed by atoms with Crippen LogP contribution in [0.25, 0.3) is 22.8 Å². The summed E-state index contributed by atoms with van der Waals surface area (Å²) in [4.78, 5) is 14.2. The van der Waals surface area contributed by atoms with Gasteiger partial charge in [-0.3, -0.25) is 0 Å². The van der Waals surface area contributed by atoms with Crippen molar-refractivity contribution in [3.05, 3.63) is 65.2 Å². The third-order valence-corrected chi connectivity index (χ3v) is 4.58. The molecule has 0 aliphatic carbocycles. The van der Waals surface area contributed by atoms with Gasteiger partial charge in [0.2, 0.25) is 5.82 Å². The number of thiophene rings is 1. The van der Waals surface area contributed by atoms with E-state index in [1.165, 1.54) is 11.2 Å². The van der Waals surface area contributed by atoms with Gasteiger partial charge in [-0.2, -0.15) is 4.98 Å². The molecule has 0 radical (unpaired) electrons. The van der Waals surface area contributed by atoms with Crippen molar-refractivity contribution in [2.45, 2.75) is 6.42 Å². The van der Waals surface area contributed by atoms with Crippen LogP contribution in [0.4, 0.5) is 5.82 Å². The van der Waals surface area contributed by atoms with Gasteiger partial charge in [0.25, 0.3) is 5.89 Å². The second-order valence-electron chi connectivity index (χ2n) is 5.33. The standard InChI is InChI=1S/C18H15N5OS/c1-2-5-13(6-3-1)16-22-18(24-23-16)15-11-19-12-21-17(15)20-9-8-14-7-4-10-25-14/h1-7,10-12H,8-9H2,(H,19,20,21). The fraction of sp³-hybridized carbons (Fsp3) is 0.111. The molecule has 124 valence electrons. The van der Waals surface area contributed by atoms with Gasteiger partial charge in [0.1, 0.15) is 17.7 Å². The molecule has 25 heavy (non-hydrogen) atoms. The van der Waals surface area contributed by atoms with Crippen molar-refractivity contribution in [3.8, 4) is 22.8 Å². The second-order valence-corrected chi connectivity index (χ2v) is 6.36. The third kappa shape index (κ3) is 3.56. The quantitative estimate of drug-likeness (QED) is 0.569. The van der Waals surface area contributed by atoms with Crippen LogP contribution in [-0.4, -0.2) is 26.7 Å². The summed E-state index contributed by atoms with van der Waals surface area (Å²) in [5.74, 6) is 1.64. The van der Waals surface area contributed by atoms with E-state index in [1.807, 2.05) is 30.3 Å². The van der Waals surface area contributed by atoms with E-state index in [4.69, 9.17) is 4.52 Å². The van der Waals surface area contributed by atoms with E-state index >= 15 is 0 Å². The summed E-state index contributed by atoms with van der Waals surface area (Å²) < 4.78 is 5.42. The smallest absolute Gasteiger partial charge is 0.263 e. The average Bonchev–Trinajstić information content (AvgIpc) is 3.35. The molecule has 4 aromatic rings. The van der Waals surface area contributed by atoms with Gasteiger partial charge < -0.3 is 9.84 Å².